The van der Waals surface area contributed by atoms with Gasteiger partial charge in [-0.3, -0.25) is 9.11 Å². The number of nitrogens with zero attached hydrogens (tertiary/aromatic N) is 3. The van der Waals surface area contributed by atoms with Gasteiger partial charge in [0.25, 0.3) is 20.2 Å². The summed E-state index contributed by atoms with van der Waals surface area (Å²) in [4.78, 5) is 21.5. The minimum Gasteiger partial charge on any atom is -0.506 e. The summed E-state index contributed by atoms with van der Waals surface area (Å²) < 4.78 is 65.7. The second-order valence-corrected chi connectivity index (χ2v) is 11.5. The number of hydrogen-bond donors (Lipinski definition) is 11. The molecular weight excluding hydrogens is 608 g/mol. The highest BCUT2D eigenvalue weighted by atomic mass is 32.2. The van der Waals surface area contributed by atoms with Crippen molar-refractivity contribution >= 4 is 55.4 Å². The van der Waals surface area contributed by atoms with Crippen LogP contribution in [0.1, 0.15) is 15.9 Å². The van der Waals surface area contributed by atoms with Crippen molar-refractivity contribution in [2.24, 2.45) is 0 Å². The molecule has 0 amide bonds. The number of rotatable bonds is 12. The molecule has 0 unspecified atom stereocenters. The zero-order chi connectivity index (χ0) is 31.6. The number of carboxylic acids is 1. The number of aliphatic hydroxyl groups is 3. The molecule has 228 valence electrons. The molecule has 0 saturated carbocycles. The summed E-state index contributed by atoms with van der Waals surface area (Å²) in [6, 6.07) is 3.50. The van der Waals surface area contributed by atoms with Gasteiger partial charge in [0.2, 0.25) is 17.8 Å². The monoisotopic (exact) mass is 632 g/mol. The van der Waals surface area contributed by atoms with Crippen molar-refractivity contribution in [2.45, 2.75) is 22.3 Å². The van der Waals surface area contributed by atoms with Crippen molar-refractivity contribution in [1.82, 2.24) is 15.0 Å². The summed E-state index contributed by atoms with van der Waals surface area (Å²) in [7, 11) is -10.0. The third kappa shape index (κ3) is 7.09. The molecule has 0 atom stereocenters. The van der Waals surface area contributed by atoms with Crippen LogP contribution in [0.4, 0.5) is 29.2 Å². The molecule has 0 aliphatic carbocycles. The van der Waals surface area contributed by atoms with E-state index in [0.29, 0.717) is 6.07 Å². The van der Waals surface area contributed by atoms with E-state index in [9.17, 15) is 61.4 Å². The quantitative estimate of drug-likeness (QED) is 0.0876. The van der Waals surface area contributed by atoms with Crippen molar-refractivity contribution < 1.29 is 61.4 Å². The maximum Gasteiger partial charge on any atom is 0.339 e. The van der Waals surface area contributed by atoms with E-state index in [4.69, 9.17) is 0 Å². The third-order valence-corrected chi connectivity index (χ3v) is 7.29. The highest BCUT2D eigenvalue weighted by Gasteiger charge is 2.30. The van der Waals surface area contributed by atoms with Gasteiger partial charge in [-0.2, -0.15) is 31.8 Å². The first kappa shape index (κ1) is 32.1. The largest absolute Gasteiger partial charge is 0.506 e. The van der Waals surface area contributed by atoms with Crippen molar-refractivity contribution in [1.29, 1.82) is 0 Å². The van der Waals surface area contributed by atoms with Crippen LogP contribution in [-0.4, -0.2) is 103 Å². The molecule has 11 N–H and O–H groups in total. The number of aryl methyl sites for hydroxylation is 1. The smallest absolute Gasteiger partial charge is 0.339 e. The van der Waals surface area contributed by atoms with Crippen molar-refractivity contribution in [3.05, 3.63) is 35.4 Å². The fourth-order valence-electron chi connectivity index (χ4n) is 3.36. The predicted molar refractivity (Wildman–Crippen MR) is 142 cm³/mol. The first-order valence-corrected chi connectivity index (χ1v) is 14.1. The van der Waals surface area contributed by atoms with Crippen molar-refractivity contribution in [3.63, 3.8) is 0 Å². The van der Waals surface area contributed by atoms with Crippen LogP contribution in [0.25, 0.3) is 0 Å². The van der Waals surface area contributed by atoms with E-state index in [1.807, 2.05) is 0 Å². The number of carboxylic acid groups (broad SMARTS) is 1. The molecule has 2 aromatic carbocycles. The Kier molecular flexibility index (Phi) is 9.07. The van der Waals surface area contributed by atoms with E-state index < -0.39 is 96.3 Å². The lowest BCUT2D eigenvalue weighted by atomic mass is 10.0. The zero-order valence-electron chi connectivity index (χ0n) is 21.2. The van der Waals surface area contributed by atoms with Crippen LogP contribution < -0.4 is 16.0 Å². The van der Waals surface area contributed by atoms with Gasteiger partial charge in [-0.15, -0.1) is 0 Å². The Balaban J connectivity index is 2.18. The van der Waals surface area contributed by atoms with E-state index >= 15 is 0 Å². The Hall–Kier alpha value is -4.38. The summed E-state index contributed by atoms with van der Waals surface area (Å²) in [6.07, 6.45) is 0. The number of aliphatic hydroxyl groups excluding tert-OH is 3. The summed E-state index contributed by atoms with van der Waals surface area (Å²) in [6.45, 7) is -1.17. The number of aromatic nitrogens is 3. The van der Waals surface area contributed by atoms with Gasteiger partial charge in [0.05, 0.1) is 19.8 Å². The normalized spacial score (nSPS) is 12.1. The number of carbonyl (C=O) groups is 1. The number of aromatic hydroxyl groups is 2. The first-order chi connectivity index (χ1) is 19.4. The highest BCUT2D eigenvalue weighted by Crippen LogP contribution is 2.33. The van der Waals surface area contributed by atoms with Gasteiger partial charge in [-0.05, 0) is 36.8 Å². The first-order valence-electron chi connectivity index (χ1n) is 11.2. The molecular formula is C21H24N6O13S2. The van der Waals surface area contributed by atoms with Gasteiger partial charge in [0.1, 0.15) is 26.6 Å². The summed E-state index contributed by atoms with van der Waals surface area (Å²) in [5.74, 6) is -5.13. The molecule has 1 aromatic heterocycles. The topological polar surface area (TPSA) is 322 Å². The zero-order valence-corrected chi connectivity index (χ0v) is 22.8. The van der Waals surface area contributed by atoms with Gasteiger partial charge in [-0.25, -0.2) is 4.79 Å². The molecule has 0 radical (unpaired) electrons. The maximum absolute atomic E-state index is 11.7. The Morgan fingerprint density at radius 2 is 1.19 bits per heavy atom. The van der Waals surface area contributed by atoms with Crippen LogP contribution in [0.5, 0.6) is 11.5 Å². The number of nitrogens with one attached hydrogen (secondary N) is 3. The van der Waals surface area contributed by atoms with E-state index in [2.05, 4.69) is 30.9 Å². The Morgan fingerprint density at radius 1 is 0.762 bits per heavy atom. The average Bonchev–Trinajstić information content (AvgIpc) is 2.88. The molecule has 0 aliphatic rings. The minimum atomic E-state index is -5.12. The lowest BCUT2D eigenvalue weighted by molar-refractivity contribution is 0.0693. The van der Waals surface area contributed by atoms with Crippen LogP contribution in [0, 0.1) is 6.92 Å². The third-order valence-electron chi connectivity index (χ3n) is 5.56. The second kappa shape index (κ2) is 11.8. The molecule has 0 spiro atoms. The van der Waals surface area contributed by atoms with Gasteiger partial charge in [0, 0.05) is 11.4 Å². The van der Waals surface area contributed by atoms with Gasteiger partial charge in [0.15, 0.2) is 5.75 Å². The van der Waals surface area contributed by atoms with E-state index in [-0.39, 0.29) is 16.9 Å². The average molecular weight is 633 g/mol. The fourth-order valence-corrected chi connectivity index (χ4v) is 4.67. The Morgan fingerprint density at radius 3 is 1.62 bits per heavy atom. The SMILES string of the molecule is Cc1cc(Nc2nc(Nc3cc(C(=O)O)c(O)c(S(=O)(=O)O)c3)nc(NC(CO)(CO)CO)n2)cc(S(=O)(=O)O)c1O. The standard InChI is InChI=1S/C21H24N6O13S2/c1-9-2-10(4-13(15(9)31)41(35,36)37)22-18-24-19(26-20(25-18)27-21(6-28,7-29)8-30)23-11-3-12(17(33)34)16(32)14(5-11)42(38,39)40/h2-5,28-32H,6-8H2,1H3,(H,33,34)(H,35,36,37)(H,38,39,40)(H3,22,23,24,25,26,27). The molecule has 42 heavy (non-hydrogen) atoms. The van der Waals surface area contributed by atoms with E-state index in [0.717, 1.165) is 12.1 Å². The van der Waals surface area contributed by atoms with Gasteiger partial charge >= 0.3 is 5.97 Å². The number of phenols is 2. The number of benzene rings is 2. The number of hydrogen-bond acceptors (Lipinski definition) is 16. The van der Waals surface area contributed by atoms with Crippen LogP contribution in [0.15, 0.2) is 34.1 Å². The fraction of sp³-hybridized carbons (Fsp3) is 0.238. The Labute approximate surface area is 236 Å². The Bertz CT molecular complexity index is 1740. The van der Waals surface area contributed by atoms with Crippen LogP contribution in [0.3, 0.4) is 0 Å². The van der Waals surface area contributed by atoms with Crippen molar-refractivity contribution in [3.8, 4) is 11.5 Å². The molecule has 0 fully saturated rings. The lowest BCUT2D eigenvalue weighted by Gasteiger charge is -2.28. The lowest BCUT2D eigenvalue weighted by Crippen LogP contribution is -2.49. The number of aromatic carboxylic acids is 1. The predicted octanol–water partition coefficient (Wildman–Crippen LogP) is -0.602. The van der Waals surface area contributed by atoms with Gasteiger partial charge < -0.3 is 46.6 Å². The molecule has 0 saturated heterocycles. The van der Waals surface area contributed by atoms with E-state index in [1.54, 1.807) is 0 Å². The summed E-state index contributed by atoms with van der Waals surface area (Å²) in [5.41, 5.74) is -3.19. The maximum atomic E-state index is 11.7. The molecule has 19 nitrogen and oxygen atoms in total. The molecule has 0 aliphatic heterocycles. The minimum absolute atomic E-state index is 0.00118. The van der Waals surface area contributed by atoms with Crippen LogP contribution in [0.2, 0.25) is 0 Å². The molecule has 3 aromatic rings. The summed E-state index contributed by atoms with van der Waals surface area (Å²) in [5, 5.41) is 65.9. The molecule has 1 heterocycles. The van der Waals surface area contributed by atoms with Crippen molar-refractivity contribution in [2.75, 3.05) is 35.8 Å². The summed E-state index contributed by atoms with van der Waals surface area (Å²) >= 11 is 0. The van der Waals surface area contributed by atoms with Gasteiger partial charge in [-0.1, -0.05) is 0 Å². The molecule has 21 heteroatoms. The number of anilines is 5. The highest BCUT2D eigenvalue weighted by molar-refractivity contribution is 7.86. The number of phenolic OH excluding ortho intramolecular Hbond substituents is 1. The molecule has 3 rings (SSSR count). The van der Waals surface area contributed by atoms with Crippen LogP contribution >= 0.6 is 0 Å². The van der Waals surface area contributed by atoms with E-state index in [1.165, 1.54) is 13.0 Å². The molecule has 0 bridgehead atoms. The second-order valence-electron chi connectivity index (χ2n) is 8.70. The van der Waals surface area contributed by atoms with Crippen LogP contribution in [-0.2, 0) is 20.2 Å².